The van der Waals surface area contributed by atoms with Crippen LogP contribution in [0.25, 0.3) is 16.4 Å². The van der Waals surface area contributed by atoms with Crippen LogP contribution in [0.1, 0.15) is 23.5 Å². The van der Waals surface area contributed by atoms with Crippen molar-refractivity contribution in [1.29, 1.82) is 0 Å². The van der Waals surface area contributed by atoms with Gasteiger partial charge in [-0.1, -0.05) is 24.3 Å². The molecule has 2 N–H and O–H groups in total. The number of likely N-dealkylation sites (tertiary alicyclic amines) is 1. The van der Waals surface area contributed by atoms with Gasteiger partial charge in [-0.2, -0.15) is 0 Å². The molecule has 1 aliphatic rings. The minimum Gasteiger partial charge on any atom is -0.336 e. The number of hydrogen-bond donors (Lipinski definition) is 1. The van der Waals surface area contributed by atoms with Crippen molar-refractivity contribution in [3.05, 3.63) is 53.7 Å². The number of hydrogen-bond acceptors (Lipinski definition) is 5. The lowest BCUT2D eigenvalue weighted by Crippen LogP contribution is -2.43. The summed E-state index contributed by atoms with van der Waals surface area (Å²) in [5, 5.41) is 6.51. The van der Waals surface area contributed by atoms with Gasteiger partial charge in [0.2, 0.25) is 5.82 Å². The van der Waals surface area contributed by atoms with Crippen LogP contribution in [-0.2, 0) is 0 Å². The van der Waals surface area contributed by atoms with Gasteiger partial charge in [0.05, 0.1) is 10.6 Å². The molecular weight excluding hydrogens is 334 g/mol. The molecule has 1 aromatic carbocycles. The van der Waals surface area contributed by atoms with Crippen LogP contribution in [0.3, 0.4) is 0 Å². The van der Waals surface area contributed by atoms with Gasteiger partial charge in [0.25, 0.3) is 5.91 Å². The topological polar surface area (TPSA) is 77.0 Å². The Labute approximate surface area is 149 Å². The Kier molecular flexibility index (Phi) is 4.33. The largest absolute Gasteiger partial charge is 0.336 e. The van der Waals surface area contributed by atoms with E-state index in [0.717, 1.165) is 23.4 Å². The molecule has 6 nitrogen and oxygen atoms in total. The third-order valence-electron chi connectivity index (χ3n) is 4.37. The molecule has 2 aromatic heterocycles. The van der Waals surface area contributed by atoms with Gasteiger partial charge in [-0.15, -0.1) is 16.4 Å². The summed E-state index contributed by atoms with van der Waals surface area (Å²) in [4.78, 5) is 20.2. The zero-order valence-corrected chi connectivity index (χ0v) is 14.5. The Bertz CT molecular complexity index is 851. The van der Waals surface area contributed by atoms with Crippen LogP contribution in [0.5, 0.6) is 0 Å². The number of aromatic nitrogens is 3. The second kappa shape index (κ2) is 6.78. The molecule has 4 rings (SSSR count). The molecule has 0 radical (unpaired) electrons. The Morgan fingerprint density at radius 2 is 1.88 bits per heavy atom. The summed E-state index contributed by atoms with van der Waals surface area (Å²) in [7, 11) is 0. The van der Waals surface area contributed by atoms with Gasteiger partial charge in [0.1, 0.15) is 0 Å². The van der Waals surface area contributed by atoms with E-state index in [2.05, 4.69) is 10.1 Å². The van der Waals surface area contributed by atoms with E-state index in [1.807, 2.05) is 47.8 Å². The highest BCUT2D eigenvalue weighted by molar-refractivity contribution is 7.13. The molecule has 3 heterocycles. The van der Waals surface area contributed by atoms with Gasteiger partial charge in [-0.3, -0.25) is 4.79 Å². The van der Waals surface area contributed by atoms with Crippen molar-refractivity contribution in [1.82, 2.24) is 19.7 Å². The zero-order chi connectivity index (χ0) is 17.2. The number of thiophene rings is 1. The van der Waals surface area contributed by atoms with Crippen LogP contribution < -0.4 is 5.73 Å². The molecule has 0 atom stereocenters. The first kappa shape index (κ1) is 16.0. The highest BCUT2D eigenvalue weighted by atomic mass is 32.1. The third-order valence-corrected chi connectivity index (χ3v) is 5.23. The zero-order valence-electron chi connectivity index (χ0n) is 13.7. The summed E-state index contributed by atoms with van der Waals surface area (Å²) in [6.45, 7) is 1.32. The van der Waals surface area contributed by atoms with Crippen LogP contribution in [0.2, 0.25) is 0 Å². The predicted octanol–water partition coefficient (Wildman–Crippen LogP) is 2.56. The molecule has 3 aromatic rings. The molecule has 1 saturated heterocycles. The van der Waals surface area contributed by atoms with Crippen LogP contribution >= 0.6 is 11.3 Å². The molecule has 1 amide bonds. The molecule has 0 aliphatic carbocycles. The van der Waals surface area contributed by atoms with Crippen LogP contribution in [0.15, 0.2) is 47.8 Å². The molecular formula is C18H19N5OS. The van der Waals surface area contributed by atoms with Gasteiger partial charge < -0.3 is 10.6 Å². The van der Waals surface area contributed by atoms with E-state index >= 15 is 0 Å². The first-order valence-electron chi connectivity index (χ1n) is 8.33. The summed E-state index contributed by atoms with van der Waals surface area (Å²) in [5.74, 6) is 0.806. The summed E-state index contributed by atoms with van der Waals surface area (Å²) >= 11 is 1.58. The number of nitrogens with two attached hydrogens (primary N) is 1. The van der Waals surface area contributed by atoms with Crippen LogP contribution in [-0.4, -0.2) is 44.7 Å². The van der Waals surface area contributed by atoms with E-state index in [1.165, 1.54) is 0 Å². The van der Waals surface area contributed by atoms with Crippen molar-refractivity contribution in [3.8, 4) is 16.4 Å². The molecule has 1 aliphatic heterocycles. The van der Waals surface area contributed by atoms with Gasteiger partial charge in [-0.25, -0.2) is 9.67 Å². The average Bonchev–Trinajstić information content (AvgIpc) is 3.32. The lowest BCUT2D eigenvalue weighted by molar-refractivity contribution is 0.0702. The van der Waals surface area contributed by atoms with E-state index in [0.29, 0.717) is 18.9 Å². The van der Waals surface area contributed by atoms with Crippen molar-refractivity contribution in [2.24, 2.45) is 5.73 Å². The molecule has 0 unspecified atom stereocenters. The number of para-hydroxylation sites is 1. The standard InChI is InChI=1S/C18H19N5OS/c19-13-8-10-22(11-9-13)18(24)16-20-17(15-7-4-12-25-15)23(21-16)14-5-2-1-3-6-14/h1-7,12-13H,8-11,19H2. The number of amides is 1. The van der Waals surface area contributed by atoms with E-state index in [4.69, 9.17) is 5.73 Å². The molecule has 0 spiro atoms. The Balaban J connectivity index is 1.71. The van der Waals surface area contributed by atoms with E-state index in [1.54, 1.807) is 20.9 Å². The number of benzene rings is 1. The molecule has 0 bridgehead atoms. The number of carbonyl (C=O) groups is 1. The maximum atomic E-state index is 12.8. The quantitative estimate of drug-likeness (QED) is 0.785. The van der Waals surface area contributed by atoms with Crippen molar-refractivity contribution in [3.63, 3.8) is 0 Å². The van der Waals surface area contributed by atoms with Crippen molar-refractivity contribution < 1.29 is 4.79 Å². The number of piperidine rings is 1. The normalized spacial score (nSPS) is 15.5. The Hall–Kier alpha value is -2.51. The maximum absolute atomic E-state index is 12.8. The monoisotopic (exact) mass is 353 g/mol. The van der Waals surface area contributed by atoms with Crippen LogP contribution in [0.4, 0.5) is 0 Å². The third kappa shape index (κ3) is 3.20. The summed E-state index contributed by atoms with van der Waals surface area (Å²) in [6, 6.07) is 13.9. The highest BCUT2D eigenvalue weighted by Gasteiger charge is 2.26. The van der Waals surface area contributed by atoms with Crippen molar-refractivity contribution in [2.75, 3.05) is 13.1 Å². The number of nitrogens with zero attached hydrogens (tertiary/aromatic N) is 4. The lowest BCUT2D eigenvalue weighted by atomic mass is 10.1. The maximum Gasteiger partial charge on any atom is 0.293 e. The Morgan fingerprint density at radius 1 is 1.12 bits per heavy atom. The fraction of sp³-hybridized carbons (Fsp3) is 0.278. The highest BCUT2D eigenvalue weighted by Crippen LogP contribution is 2.26. The van der Waals surface area contributed by atoms with Gasteiger partial charge in [-0.05, 0) is 36.4 Å². The van der Waals surface area contributed by atoms with E-state index in [9.17, 15) is 4.79 Å². The lowest BCUT2D eigenvalue weighted by Gasteiger charge is -2.29. The second-order valence-corrected chi connectivity index (χ2v) is 7.06. The number of carbonyl (C=O) groups excluding carboxylic acids is 1. The first-order chi connectivity index (χ1) is 12.2. The van der Waals surface area contributed by atoms with E-state index in [-0.39, 0.29) is 17.8 Å². The first-order valence-corrected chi connectivity index (χ1v) is 9.21. The van der Waals surface area contributed by atoms with Crippen LogP contribution in [0, 0.1) is 0 Å². The van der Waals surface area contributed by atoms with Gasteiger partial charge in [0, 0.05) is 19.1 Å². The van der Waals surface area contributed by atoms with Crippen molar-refractivity contribution >= 4 is 17.2 Å². The smallest absolute Gasteiger partial charge is 0.293 e. The molecule has 128 valence electrons. The minimum absolute atomic E-state index is 0.126. The van der Waals surface area contributed by atoms with Gasteiger partial charge >= 0.3 is 0 Å². The Morgan fingerprint density at radius 3 is 2.56 bits per heavy atom. The fourth-order valence-corrected chi connectivity index (χ4v) is 3.66. The predicted molar refractivity (Wildman–Crippen MR) is 97.8 cm³/mol. The molecule has 7 heteroatoms. The second-order valence-electron chi connectivity index (χ2n) is 6.11. The van der Waals surface area contributed by atoms with Crippen molar-refractivity contribution in [2.45, 2.75) is 18.9 Å². The molecule has 25 heavy (non-hydrogen) atoms. The minimum atomic E-state index is -0.126. The summed E-state index contributed by atoms with van der Waals surface area (Å²) < 4.78 is 1.74. The molecule has 1 fully saturated rings. The SMILES string of the molecule is NC1CCN(C(=O)c2nc(-c3cccs3)n(-c3ccccc3)n2)CC1. The average molecular weight is 353 g/mol. The summed E-state index contributed by atoms with van der Waals surface area (Å²) in [6.07, 6.45) is 1.64. The fourth-order valence-electron chi connectivity index (χ4n) is 2.96. The van der Waals surface area contributed by atoms with E-state index < -0.39 is 0 Å². The number of rotatable bonds is 3. The van der Waals surface area contributed by atoms with Gasteiger partial charge in [0.15, 0.2) is 5.82 Å². The molecule has 0 saturated carbocycles. The summed E-state index contributed by atoms with van der Waals surface area (Å²) in [5.41, 5.74) is 6.82.